The number of amides is 1. The van der Waals surface area contributed by atoms with Crippen molar-refractivity contribution < 1.29 is 19.0 Å². The molecule has 2 atom stereocenters. The number of fused-ring (bicyclic) bond motifs is 6. The number of nitrogens with two attached hydrogens (primary N) is 1. The number of carbonyl (C=O) groups is 1. The van der Waals surface area contributed by atoms with Crippen molar-refractivity contribution in [1.29, 1.82) is 0 Å². The zero-order valence-electron chi connectivity index (χ0n) is 35.8. The molecule has 0 spiro atoms. The average Bonchev–Trinajstić information content (AvgIpc) is 3.13. The van der Waals surface area contributed by atoms with Crippen molar-refractivity contribution in [3.05, 3.63) is 90.9 Å². The van der Waals surface area contributed by atoms with Gasteiger partial charge in [0, 0.05) is 66.8 Å². The number of ether oxygens (including phenoxy) is 3. The summed E-state index contributed by atoms with van der Waals surface area (Å²) in [5.74, 6) is 1.83. The summed E-state index contributed by atoms with van der Waals surface area (Å²) in [4.78, 5) is 46.3. The summed E-state index contributed by atoms with van der Waals surface area (Å²) in [6.07, 6.45) is 4.32. The summed E-state index contributed by atoms with van der Waals surface area (Å²) in [6.45, 7) is 18.2. The Labute approximate surface area is 355 Å². The number of nitrogens with one attached hydrogen (secondary N) is 1. The first-order valence-corrected chi connectivity index (χ1v) is 20.6. The molecule has 6 rings (SSSR count). The highest BCUT2D eigenvalue weighted by atomic mass is 35.5. The van der Waals surface area contributed by atoms with Gasteiger partial charge in [-0.05, 0) is 94.3 Å². The van der Waals surface area contributed by atoms with Gasteiger partial charge in [0.15, 0.2) is 0 Å². The molecule has 0 saturated heterocycles. The molecular formula is C45H56Cl2N6O6. The van der Waals surface area contributed by atoms with Crippen molar-refractivity contribution >= 4 is 72.6 Å². The van der Waals surface area contributed by atoms with Crippen LogP contribution < -0.4 is 31.6 Å². The Hall–Kier alpha value is -4.91. The number of halogens is 2. The van der Waals surface area contributed by atoms with Crippen molar-refractivity contribution in [2.24, 2.45) is 31.7 Å². The monoisotopic (exact) mass is 846 g/mol. The Morgan fingerprint density at radius 2 is 1.15 bits per heavy atom. The minimum absolute atomic E-state index is 0.0593. The van der Waals surface area contributed by atoms with Crippen LogP contribution in [0.3, 0.4) is 0 Å². The zero-order valence-corrected chi connectivity index (χ0v) is 37.3. The number of alkyl carbamates (subject to hydrolysis) is 1. The predicted molar refractivity (Wildman–Crippen MR) is 240 cm³/mol. The van der Waals surface area contributed by atoms with Crippen molar-refractivity contribution in [3.63, 3.8) is 0 Å². The van der Waals surface area contributed by atoms with Crippen LogP contribution in [-0.4, -0.2) is 56.1 Å². The Balaban J connectivity index is 0.000000230. The maximum absolute atomic E-state index is 12.9. The van der Waals surface area contributed by atoms with E-state index >= 15 is 0 Å². The third-order valence-corrected chi connectivity index (χ3v) is 10.3. The van der Waals surface area contributed by atoms with Crippen molar-refractivity contribution in [2.45, 2.75) is 92.8 Å². The molecule has 14 heteroatoms. The fraction of sp³-hybridized carbons (Fsp3) is 0.444. The number of rotatable bonds is 11. The Kier molecular flexibility index (Phi) is 14.2. The summed E-state index contributed by atoms with van der Waals surface area (Å²) in [7, 11) is 3.46. The van der Waals surface area contributed by atoms with Crippen molar-refractivity contribution in [3.8, 4) is 11.5 Å². The molecule has 0 aliphatic rings. The third kappa shape index (κ3) is 11.0. The molecule has 3 N–H and O–H groups in total. The maximum Gasteiger partial charge on any atom is 0.407 e. The second kappa shape index (κ2) is 18.6. The number of aromatic nitrogens is 4. The van der Waals surface area contributed by atoms with Gasteiger partial charge in [0.05, 0.1) is 37.9 Å². The van der Waals surface area contributed by atoms with Crippen LogP contribution in [0.4, 0.5) is 4.79 Å². The lowest BCUT2D eigenvalue weighted by molar-refractivity contribution is 0.0480. The molecule has 0 unspecified atom stereocenters. The minimum atomic E-state index is -0.587. The van der Waals surface area contributed by atoms with Crippen LogP contribution in [0.5, 0.6) is 11.5 Å². The summed E-state index contributed by atoms with van der Waals surface area (Å²) in [5, 5.41) is 8.34. The molecule has 6 aromatic rings. The van der Waals surface area contributed by atoms with Crippen LogP contribution in [-0.2, 0) is 18.8 Å². The van der Waals surface area contributed by atoms with E-state index in [0.29, 0.717) is 62.7 Å². The van der Waals surface area contributed by atoms with E-state index in [4.69, 9.17) is 43.1 Å². The summed E-state index contributed by atoms with van der Waals surface area (Å²) < 4.78 is 20.5. The molecule has 0 bridgehead atoms. The maximum atomic E-state index is 12.9. The second-order valence-corrected chi connectivity index (χ2v) is 17.9. The number of benzene rings is 2. The third-order valence-electron chi connectivity index (χ3n) is 9.70. The summed E-state index contributed by atoms with van der Waals surface area (Å²) in [6, 6.07) is 10.7. The van der Waals surface area contributed by atoms with Crippen LogP contribution >= 0.6 is 23.2 Å². The van der Waals surface area contributed by atoms with E-state index in [1.54, 1.807) is 41.7 Å². The highest BCUT2D eigenvalue weighted by Gasteiger charge is 2.22. The standard InChI is InChI=1S/C25H32ClN3O4.C20H24ClN3O2/c1-14(2)8-16(28-24(31)33-25(4,5)6)13-32-22-11-21-18(10-20(22)26)17-9-15(3)27-12-19(17)23(30)29(21)7;1-11(2)5-13(22)10-26-19-8-18-15(7-17(19)21)14-6-12(3)23-9-16(14)20(25)24(18)4/h9-12,14,16H,8,13H2,1-7H3,(H,28,31);6-9,11,13H,5,10,22H2,1-4H3/t16-;13-/m00/s1. The van der Waals surface area contributed by atoms with Gasteiger partial charge in [0.2, 0.25) is 0 Å². The van der Waals surface area contributed by atoms with Gasteiger partial charge < -0.3 is 34.4 Å². The first kappa shape index (κ1) is 45.2. The number of hydrogen-bond acceptors (Lipinski definition) is 9. The smallest absolute Gasteiger partial charge is 0.407 e. The van der Waals surface area contributed by atoms with Gasteiger partial charge in [0.1, 0.15) is 30.3 Å². The fourth-order valence-electron chi connectivity index (χ4n) is 7.05. The van der Waals surface area contributed by atoms with Gasteiger partial charge in [0.25, 0.3) is 11.1 Å². The van der Waals surface area contributed by atoms with E-state index in [2.05, 4.69) is 43.0 Å². The zero-order chi connectivity index (χ0) is 43.5. The molecule has 0 saturated carbocycles. The minimum Gasteiger partial charge on any atom is -0.490 e. The van der Waals surface area contributed by atoms with Gasteiger partial charge in [-0.3, -0.25) is 19.6 Å². The molecule has 4 heterocycles. The molecule has 12 nitrogen and oxygen atoms in total. The van der Waals surface area contributed by atoms with Gasteiger partial charge in [-0.25, -0.2) is 4.79 Å². The first-order valence-electron chi connectivity index (χ1n) is 19.8. The normalized spacial score (nSPS) is 12.9. The molecule has 4 aromatic heterocycles. The van der Waals surface area contributed by atoms with E-state index in [-0.39, 0.29) is 29.8 Å². The number of carbonyl (C=O) groups excluding carboxylic acids is 1. The topological polar surface area (TPSA) is 153 Å². The highest BCUT2D eigenvalue weighted by molar-refractivity contribution is 6.33. The molecule has 0 radical (unpaired) electrons. The molecule has 0 aliphatic carbocycles. The lowest BCUT2D eigenvalue weighted by atomic mass is 10.0. The summed E-state index contributed by atoms with van der Waals surface area (Å²) >= 11 is 13.0. The lowest BCUT2D eigenvalue weighted by Gasteiger charge is -2.25. The highest BCUT2D eigenvalue weighted by Crippen LogP contribution is 2.35. The number of hydrogen-bond donors (Lipinski definition) is 2. The van der Waals surface area contributed by atoms with E-state index in [0.717, 1.165) is 44.9 Å². The number of aryl methyl sites for hydroxylation is 4. The van der Waals surface area contributed by atoms with Crippen LogP contribution in [0, 0.1) is 25.7 Å². The molecule has 316 valence electrons. The van der Waals surface area contributed by atoms with Crippen LogP contribution in [0.2, 0.25) is 10.0 Å². The number of pyridine rings is 4. The Morgan fingerprint density at radius 3 is 1.58 bits per heavy atom. The van der Waals surface area contributed by atoms with Crippen LogP contribution in [0.1, 0.15) is 72.7 Å². The fourth-order valence-corrected chi connectivity index (χ4v) is 7.49. The van der Waals surface area contributed by atoms with Crippen molar-refractivity contribution in [1.82, 2.24) is 24.4 Å². The average molecular weight is 848 g/mol. The van der Waals surface area contributed by atoms with E-state index in [1.165, 1.54) is 0 Å². The molecular weight excluding hydrogens is 791 g/mol. The van der Waals surface area contributed by atoms with Crippen LogP contribution in [0.15, 0.2) is 58.4 Å². The molecule has 1 amide bonds. The van der Waals surface area contributed by atoms with E-state index in [1.807, 2.05) is 65.0 Å². The molecule has 2 aromatic carbocycles. The second-order valence-electron chi connectivity index (χ2n) is 17.1. The van der Waals surface area contributed by atoms with E-state index < -0.39 is 11.7 Å². The van der Waals surface area contributed by atoms with Gasteiger partial charge in [-0.1, -0.05) is 50.9 Å². The SMILES string of the molecule is Cc1cc2c(cn1)c(=O)n(C)c1cc(OC[C@@H](N)CC(C)C)c(Cl)cc21.Cc1cc2c(cn1)c(=O)n(C)c1cc(OC[C@H](CC(C)C)NC(=O)OC(C)(C)C)c(Cl)cc21. The lowest BCUT2D eigenvalue weighted by Crippen LogP contribution is -2.42. The van der Waals surface area contributed by atoms with Gasteiger partial charge in [-0.2, -0.15) is 0 Å². The van der Waals surface area contributed by atoms with Gasteiger partial charge >= 0.3 is 6.09 Å². The van der Waals surface area contributed by atoms with Gasteiger partial charge in [-0.15, -0.1) is 0 Å². The predicted octanol–water partition coefficient (Wildman–Crippen LogP) is 9.17. The largest absolute Gasteiger partial charge is 0.490 e. The summed E-state index contributed by atoms with van der Waals surface area (Å²) in [5.41, 5.74) is 8.43. The van der Waals surface area contributed by atoms with E-state index in [9.17, 15) is 14.4 Å². The molecule has 0 aliphatic heterocycles. The quantitative estimate of drug-likeness (QED) is 0.122. The Bertz CT molecular complexity index is 2630. The Morgan fingerprint density at radius 1 is 0.712 bits per heavy atom. The first-order chi connectivity index (χ1) is 27.6. The van der Waals surface area contributed by atoms with Crippen LogP contribution in [0.25, 0.3) is 43.4 Å². The molecule has 0 fully saturated rings. The van der Waals surface area contributed by atoms with Crippen molar-refractivity contribution in [2.75, 3.05) is 13.2 Å². The molecule has 59 heavy (non-hydrogen) atoms. The number of nitrogens with zero attached hydrogens (tertiary/aromatic N) is 4.